The van der Waals surface area contributed by atoms with E-state index in [9.17, 15) is 28.0 Å². The van der Waals surface area contributed by atoms with Gasteiger partial charge >= 0.3 is 12.6 Å². The summed E-state index contributed by atoms with van der Waals surface area (Å²) in [4.78, 5) is 52.3. The minimum Gasteiger partial charge on any atom is -0.435 e. The fraction of sp³-hybridized carbons (Fsp3) is 0.304. The smallest absolute Gasteiger partial charge is 0.387 e. The third-order valence-corrected chi connectivity index (χ3v) is 5.77. The molecule has 4 rings (SSSR count). The average Bonchev–Trinajstić information content (AvgIpc) is 3.31. The van der Waals surface area contributed by atoms with E-state index >= 15 is 0 Å². The van der Waals surface area contributed by atoms with Gasteiger partial charge in [0.1, 0.15) is 17.8 Å². The van der Waals surface area contributed by atoms with Crippen molar-refractivity contribution >= 4 is 35.1 Å². The second kappa shape index (κ2) is 9.08. The summed E-state index contributed by atoms with van der Waals surface area (Å²) >= 11 is 0. The van der Waals surface area contributed by atoms with Crippen molar-refractivity contribution in [2.45, 2.75) is 31.9 Å². The van der Waals surface area contributed by atoms with Crippen molar-refractivity contribution in [2.75, 3.05) is 23.3 Å². The van der Waals surface area contributed by atoms with E-state index in [1.807, 2.05) is 0 Å². The molecule has 2 aliphatic rings. The molecule has 2 aliphatic heterocycles. The molecule has 34 heavy (non-hydrogen) atoms. The summed E-state index contributed by atoms with van der Waals surface area (Å²) in [6, 6.07) is 11.3. The molecule has 0 radical (unpaired) electrons. The van der Waals surface area contributed by atoms with Crippen molar-refractivity contribution in [3.63, 3.8) is 0 Å². The zero-order valence-corrected chi connectivity index (χ0v) is 18.2. The van der Waals surface area contributed by atoms with Gasteiger partial charge in [-0.25, -0.2) is 4.79 Å². The second-order valence-corrected chi connectivity index (χ2v) is 8.09. The normalized spacial score (nSPS) is 20.2. The van der Waals surface area contributed by atoms with Gasteiger partial charge in [0.25, 0.3) is 5.91 Å². The van der Waals surface area contributed by atoms with E-state index in [2.05, 4.69) is 15.4 Å². The highest BCUT2D eigenvalue weighted by molar-refractivity contribution is 6.10. The molecule has 0 spiro atoms. The minimum absolute atomic E-state index is 0.0505. The third-order valence-electron chi connectivity index (χ3n) is 5.77. The van der Waals surface area contributed by atoms with E-state index in [1.165, 1.54) is 31.2 Å². The molecule has 2 fully saturated rings. The van der Waals surface area contributed by atoms with Crippen LogP contribution in [-0.2, 0) is 19.9 Å². The van der Waals surface area contributed by atoms with E-state index < -0.39 is 36.5 Å². The number of nitrogens with zero attached hydrogens (tertiary/aromatic N) is 2. The number of halogens is 2. The van der Waals surface area contributed by atoms with Crippen molar-refractivity contribution in [3.05, 3.63) is 54.1 Å². The minimum atomic E-state index is -2.98. The number of alkyl halides is 2. The van der Waals surface area contributed by atoms with Gasteiger partial charge in [-0.2, -0.15) is 8.78 Å². The molecule has 2 heterocycles. The number of nitrogens with one attached hydrogen (secondary N) is 2. The Morgan fingerprint density at radius 2 is 1.79 bits per heavy atom. The molecule has 2 aromatic rings. The number of carbonyl (C=O) groups is 4. The first kappa shape index (κ1) is 23.1. The van der Waals surface area contributed by atoms with Crippen molar-refractivity contribution in [1.29, 1.82) is 0 Å². The van der Waals surface area contributed by atoms with Gasteiger partial charge < -0.3 is 20.3 Å². The zero-order valence-electron chi connectivity index (χ0n) is 18.2. The van der Waals surface area contributed by atoms with E-state index in [0.29, 0.717) is 24.2 Å². The van der Waals surface area contributed by atoms with Gasteiger partial charge in [0.05, 0.1) is 0 Å². The first-order chi connectivity index (χ1) is 16.2. The fourth-order valence-electron chi connectivity index (χ4n) is 4.00. The Morgan fingerprint density at radius 3 is 2.38 bits per heavy atom. The number of imide groups is 1. The Labute approximate surface area is 193 Å². The highest BCUT2D eigenvalue weighted by Gasteiger charge is 2.49. The molecule has 2 N–H and O–H groups in total. The van der Waals surface area contributed by atoms with Gasteiger partial charge in [-0.3, -0.25) is 19.3 Å². The van der Waals surface area contributed by atoms with Gasteiger partial charge in [-0.1, -0.05) is 12.1 Å². The first-order valence-electron chi connectivity index (χ1n) is 10.6. The van der Waals surface area contributed by atoms with E-state index in [1.54, 1.807) is 29.2 Å². The van der Waals surface area contributed by atoms with Gasteiger partial charge in [0.2, 0.25) is 11.8 Å². The molecule has 11 heteroatoms. The van der Waals surface area contributed by atoms with E-state index in [4.69, 9.17) is 0 Å². The number of ether oxygens (including phenoxy) is 1. The third kappa shape index (κ3) is 4.54. The number of hydrogen-bond donors (Lipinski definition) is 2. The summed E-state index contributed by atoms with van der Waals surface area (Å²) in [5, 5.41) is 5.18. The first-order valence-corrected chi connectivity index (χ1v) is 10.6. The highest BCUT2D eigenvalue weighted by atomic mass is 19.3. The predicted octanol–water partition coefficient (Wildman–Crippen LogP) is 2.82. The highest BCUT2D eigenvalue weighted by Crippen LogP contribution is 2.30. The van der Waals surface area contributed by atoms with Crippen LogP contribution in [0, 0.1) is 0 Å². The van der Waals surface area contributed by atoms with E-state index in [0.717, 1.165) is 17.0 Å². The summed E-state index contributed by atoms with van der Waals surface area (Å²) in [6.45, 7) is -1.38. The molecule has 2 saturated heterocycles. The van der Waals surface area contributed by atoms with Crippen LogP contribution in [0.25, 0.3) is 0 Å². The maximum Gasteiger partial charge on any atom is 0.387 e. The number of benzene rings is 2. The molecule has 0 aromatic heterocycles. The van der Waals surface area contributed by atoms with Gasteiger partial charge in [0, 0.05) is 24.3 Å². The predicted molar refractivity (Wildman–Crippen MR) is 117 cm³/mol. The van der Waals surface area contributed by atoms with Crippen LogP contribution in [0.1, 0.15) is 25.3 Å². The Hall–Kier alpha value is -4.02. The van der Waals surface area contributed by atoms with Crippen LogP contribution in [0.2, 0.25) is 0 Å². The topological polar surface area (TPSA) is 108 Å². The van der Waals surface area contributed by atoms with Crippen LogP contribution in [0.4, 0.5) is 25.0 Å². The Morgan fingerprint density at radius 1 is 1.12 bits per heavy atom. The van der Waals surface area contributed by atoms with Crippen LogP contribution >= 0.6 is 0 Å². The van der Waals surface area contributed by atoms with Gasteiger partial charge in [-0.05, 0) is 55.3 Å². The maximum absolute atomic E-state index is 13.0. The molecule has 0 bridgehead atoms. The summed E-state index contributed by atoms with van der Waals surface area (Å²) in [7, 11) is 0. The maximum atomic E-state index is 13.0. The fourth-order valence-corrected chi connectivity index (χ4v) is 4.00. The molecule has 0 aliphatic carbocycles. The molecule has 5 amide bonds. The number of anilines is 2. The Bertz CT molecular complexity index is 1120. The lowest BCUT2D eigenvalue weighted by Crippen LogP contribution is -2.42. The Balaban J connectivity index is 1.40. The van der Waals surface area contributed by atoms with Gasteiger partial charge in [0.15, 0.2) is 0 Å². The molecule has 0 unspecified atom stereocenters. The van der Waals surface area contributed by atoms with Crippen molar-refractivity contribution in [1.82, 2.24) is 10.2 Å². The van der Waals surface area contributed by atoms with Crippen molar-refractivity contribution < 1.29 is 32.7 Å². The van der Waals surface area contributed by atoms with Crippen LogP contribution < -0.4 is 20.3 Å². The van der Waals surface area contributed by atoms with Crippen LogP contribution in [0.3, 0.4) is 0 Å². The number of rotatable bonds is 7. The molecular formula is C23H22F2N4O5. The summed E-state index contributed by atoms with van der Waals surface area (Å²) in [6.07, 6.45) is 1.31. The molecule has 9 nitrogen and oxygen atoms in total. The summed E-state index contributed by atoms with van der Waals surface area (Å²) in [5.41, 5.74) is 0.0626. The summed E-state index contributed by atoms with van der Waals surface area (Å²) in [5.74, 6) is -1.28. The number of amides is 5. The number of carbonyl (C=O) groups excluding carboxylic acids is 4. The molecular weight excluding hydrogens is 450 g/mol. The SMILES string of the molecule is C[C@@]1(c2ccc(OC(F)F)cc2)NC(=O)N(CC(=O)Nc2ccc(N3CCCC3=O)cc2)C1=O. The van der Waals surface area contributed by atoms with Crippen LogP contribution in [-0.4, -0.2) is 48.4 Å². The molecule has 1 atom stereocenters. The lowest BCUT2D eigenvalue weighted by atomic mass is 9.92. The van der Waals surface area contributed by atoms with Crippen LogP contribution in [0.15, 0.2) is 48.5 Å². The second-order valence-electron chi connectivity index (χ2n) is 8.09. The van der Waals surface area contributed by atoms with E-state index in [-0.39, 0.29) is 11.7 Å². The molecule has 2 aromatic carbocycles. The lowest BCUT2D eigenvalue weighted by molar-refractivity contribution is -0.133. The molecule has 178 valence electrons. The average molecular weight is 472 g/mol. The zero-order chi connectivity index (χ0) is 24.5. The largest absolute Gasteiger partial charge is 0.435 e. The van der Waals surface area contributed by atoms with Gasteiger partial charge in [-0.15, -0.1) is 0 Å². The quantitative estimate of drug-likeness (QED) is 0.603. The monoisotopic (exact) mass is 472 g/mol. The molecule has 0 saturated carbocycles. The van der Waals surface area contributed by atoms with Crippen molar-refractivity contribution in [2.24, 2.45) is 0 Å². The number of urea groups is 1. The number of hydrogen-bond acceptors (Lipinski definition) is 5. The van der Waals surface area contributed by atoms with Crippen molar-refractivity contribution in [3.8, 4) is 5.75 Å². The van der Waals surface area contributed by atoms with Crippen LogP contribution in [0.5, 0.6) is 5.75 Å². The summed E-state index contributed by atoms with van der Waals surface area (Å²) < 4.78 is 29.0. The lowest BCUT2D eigenvalue weighted by Gasteiger charge is -2.22. The Kier molecular flexibility index (Phi) is 6.18. The standard InChI is InChI=1S/C23H22F2N4O5/c1-23(14-4-10-17(11-5-14)34-21(24)25)20(32)29(22(33)27-23)13-18(30)26-15-6-8-16(9-7-15)28-12-2-3-19(28)31/h4-11,21H,2-3,12-13H2,1H3,(H,26,30)(H,27,33)/t23-/m0/s1.